The largest absolute Gasteiger partial charge is 0.446 e. The summed E-state index contributed by atoms with van der Waals surface area (Å²) < 4.78 is 6.09. The number of benzene rings is 2. The van der Waals surface area contributed by atoms with Crippen LogP contribution in [0.5, 0.6) is 0 Å². The SMILES string of the molecule is CC(Cc1c[nH]c2ccccc12)(NC(=O)OC1C2CC3CC(C2)CC1C3)C(=O)NC(CO)C(O)c1ccccc1. The lowest BCUT2D eigenvalue weighted by Crippen LogP contribution is -2.61. The van der Waals surface area contributed by atoms with Gasteiger partial charge in [0.25, 0.3) is 0 Å². The maximum atomic E-state index is 13.9. The van der Waals surface area contributed by atoms with Crippen LogP contribution in [0.15, 0.2) is 60.8 Å². The second-order valence-electron chi connectivity index (χ2n) is 12.4. The van der Waals surface area contributed by atoms with Gasteiger partial charge in [0, 0.05) is 23.5 Å². The first kappa shape index (κ1) is 26.8. The zero-order valence-corrected chi connectivity index (χ0v) is 22.9. The molecule has 7 rings (SSSR count). The quantitative estimate of drug-likeness (QED) is 0.275. The molecule has 0 spiro atoms. The van der Waals surface area contributed by atoms with Crippen LogP contribution < -0.4 is 10.6 Å². The summed E-state index contributed by atoms with van der Waals surface area (Å²) in [5.41, 5.74) is 0.976. The Balaban J connectivity index is 1.22. The number of hydrogen-bond donors (Lipinski definition) is 5. The van der Waals surface area contributed by atoms with Gasteiger partial charge in [-0.1, -0.05) is 48.5 Å². The van der Waals surface area contributed by atoms with Gasteiger partial charge in [-0.15, -0.1) is 0 Å². The number of rotatable bonds is 9. The highest BCUT2D eigenvalue weighted by Crippen LogP contribution is 2.54. The fourth-order valence-electron chi connectivity index (χ4n) is 7.72. The van der Waals surface area contributed by atoms with E-state index < -0.39 is 36.3 Å². The zero-order chi connectivity index (χ0) is 27.9. The molecule has 4 bridgehead atoms. The van der Waals surface area contributed by atoms with E-state index in [1.54, 1.807) is 31.2 Å². The molecule has 8 nitrogen and oxygen atoms in total. The van der Waals surface area contributed by atoms with Gasteiger partial charge in [0.2, 0.25) is 5.91 Å². The van der Waals surface area contributed by atoms with E-state index in [-0.39, 0.29) is 12.5 Å². The number of para-hydroxylation sites is 1. The number of aliphatic hydroxyl groups excluding tert-OH is 2. The zero-order valence-electron chi connectivity index (χ0n) is 22.9. The van der Waals surface area contributed by atoms with Crippen molar-refractivity contribution in [3.05, 3.63) is 71.9 Å². The molecule has 4 aliphatic rings. The van der Waals surface area contributed by atoms with Gasteiger partial charge >= 0.3 is 6.09 Å². The van der Waals surface area contributed by atoms with Crippen molar-refractivity contribution in [3.8, 4) is 0 Å². The lowest BCUT2D eigenvalue weighted by Gasteiger charge is -2.53. The molecule has 3 aromatic rings. The number of hydrogen-bond acceptors (Lipinski definition) is 5. The van der Waals surface area contributed by atoms with Crippen LogP contribution in [-0.4, -0.2) is 51.5 Å². The molecule has 0 aliphatic heterocycles. The highest BCUT2D eigenvalue weighted by atomic mass is 16.6. The van der Waals surface area contributed by atoms with E-state index in [1.165, 1.54) is 6.42 Å². The number of nitrogens with one attached hydrogen (secondary N) is 3. The number of carbonyl (C=O) groups excluding carboxylic acids is 2. The smallest absolute Gasteiger partial charge is 0.408 e. The second-order valence-corrected chi connectivity index (χ2v) is 12.4. The molecule has 2 aromatic carbocycles. The first-order valence-corrected chi connectivity index (χ1v) is 14.5. The highest BCUT2D eigenvalue weighted by Gasteiger charge is 2.50. The van der Waals surface area contributed by atoms with Crippen LogP contribution in [0.2, 0.25) is 0 Å². The Morgan fingerprint density at radius 2 is 1.65 bits per heavy atom. The molecule has 1 heterocycles. The Kier molecular flexibility index (Phi) is 7.31. The van der Waals surface area contributed by atoms with Crippen molar-refractivity contribution in [2.24, 2.45) is 23.7 Å². The predicted molar refractivity (Wildman–Crippen MR) is 151 cm³/mol. The van der Waals surface area contributed by atoms with E-state index in [1.807, 2.05) is 36.5 Å². The summed E-state index contributed by atoms with van der Waals surface area (Å²) in [6.07, 6.45) is 6.01. The van der Waals surface area contributed by atoms with E-state index in [0.717, 1.165) is 54.0 Å². The fraction of sp³-hybridized carbons (Fsp3) is 0.500. The summed E-state index contributed by atoms with van der Waals surface area (Å²) in [5.74, 6) is 1.81. The summed E-state index contributed by atoms with van der Waals surface area (Å²) in [6, 6.07) is 15.7. The molecular weight excluding hydrogens is 506 g/mol. The van der Waals surface area contributed by atoms with E-state index in [2.05, 4.69) is 15.6 Å². The Hall–Kier alpha value is -3.36. The Morgan fingerprint density at radius 3 is 2.33 bits per heavy atom. The number of aromatic nitrogens is 1. The van der Waals surface area contributed by atoms with Gasteiger partial charge in [-0.05, 0) is 79.9 Å². The molecule has 2 amide bonds. The number of amides is 2. The van der Waals surface area contributed by atoms with Crippen molar-refractivity contribution >= 4 is 22.9 Å². The summed E-state index contributed by atoms with van der Waals surface area (Å²) in [5, 5.41) is 27.7. The van der Waals surface area contributed by atoms with Crippen LogP contribution in [0.1, 0.15) is 56.3 Å². The summed E-state index contributed by atoms with van der Waals surface area (Å²) >= 11 is 0. The third-order valence-corrected chi connectivity index (χ3v) is 9.52. The lowest BCUT2D eigenvalue weighted by atomic mass is 9.55. The monoisotopic (exact) mass is 545 g/mol. The maximum Gasteiger partial charge on any atom is 0.408 e. The molecule has 3 unspecified atom stereocenters. The van der Waals surface area contributed by atoms with Crippen molar-refractivity contribution in [2.45, 2.75) is 69.2 Å². The van der Waals surface area contributed by atoms with Gasteiger partial charge in [-0.2, -0.15) is 0 Å². The van der Waals surface area contributed by atoms with Crippen molar-refractivity contribution in [3.63, 3.8) is 0 Å². The minimum absolute atomic E-state index is 0.113. The van der Waals surface area contributed by atoms with Crippen LogP contribution in [0, 0.1) is 23.7 Å². The number of aromatic amines is 1. The van der Waals surface area contributed by atoms with Gasteiger partial charge in [0.05, 0.1) is 12.6 Å². The van der Waals surface area contributed by atoms with Crippen LogP contribution in [0.25, 0.3) is 10.9 Å². The predicted octanol–water partition coefficient (Wildman–Crippen LogP) is 4.23. The molecule has 0 radical (unpaired) electrons. The average Bonchev–Trinajstić information content (AvgIpc) is 3.35. The van der Waals surface area contributed by atoms with Gasteiger partial charge in [-0.3, -0.25) is 4.79 Å². The number of fused-ring (bicyclic) bond motifs is 1. The Bertz CT molecular complexity index is 1330. The molecule has 40 heavy (non-hydrogen) atoms. The van der Waals surface area contributed by atoms with Crippen molar-refractivity contribution in [1.82, 2.24) is 15.6 Å². The minimum atomic E-state index is -1.40. The van der Waals surface area contributed by atoms with Crippen molar-refractivity contribution < 1.29 is 24.5 Å². The highest BCUT2D eigenvalue weighted by molar-refractivity contribution is 5.91. The van der Waals surface area contributed by atoms with Gasteiger partial charge < -0.3 is 30.6 Å². The Labute approximate surface area is 234 Å². The van der Waals surface area contributed by atoms with Crippen LogP contribution in [-0.2, 0) is 16.0 Å². The maximum absolute atomic E-state index is 13.9. The average molecular weight is 546 g/mol. The van der Waals surface area contributed by atoms with E-state index in [9.17, 15) is 19.8 Å². The number of aliphatic hydroxyl groups is 2. The molecule has 8 heteroatoms. The summed E-state index contributed by atoms with van der Waals surface area (Å²) in [6.45, 7) is 1.20. The third kappa shape index (κ3) is 5.22. The molecule has 4 aliphatic carbocycles. The summed E-state index contributed by atoms with van der Waals surface area (Å²) in [4.78, 5) is 30.6. The van der Waals surface area contributed by atoms with Crippen LogP contribution >= 0.6 is 0 Å². The standard InChI is InChI=1S/C32H39N3O5/c1-32(16-24-17-33-26-10-6-5-9-25(24)26,30(38)34-27(18-36)28(37)21-7-3-2-4-8-21)35-31(39)40-29-22-12-19-11-20(14-22)15-23(29)13-19/h2-10,17,19-20,22-23,27-29,33,36-37H,11-16,18H2,1H3,(H,34,38)(H,35,39). The normalized spacial score (nSPS) is 28.0. The van der Waals surface area contributed by atoms with Crippen molar-refractivity contribution in [1.29, 1.82) is 0 Å². The van der Waals surface area contributed by atoms with Crippen LogP contribution in [0.4, 0.5) is 4.79 Å². The third-order valence-electron chi connectivity index (χ3n) is 9.52. The summed E-state index contributed by atoms with van der Waals surface area (Å²) in [7, 11) is 0. The number of ether oxygens (including phenoxy) is 1. The first-order valence-electron chi connectivity index (χ1n) is 14.5. The minimum Gasteiger partial charge on any atom is -0.446 e. The molecule has 5 N–H and O–H groups in total. The molecule has 4 saturated carbocycles. The van der Waals surface area contributed by atoms with E-state index in [0.29, 0.717) is 17.4 Å². The Morgan fingerprint density at radius 1 is 1.00 bits per heavy atom. The fourth-order valence-corrected chi connectivity index (χ4v) is 7.72. The van der Waals surface area contributed by atoms with E-state index >= 15 is 0 Å². The van der Waals surface area contributed by atoms with Gasteiger partial charge in [0.1, 0.15) is 17.7 Å². The van der Waals surface area contributed by atoms with Gasteiger partial charge in [-0.25, -0.2) is 4.79 Å². The molecule has 1 aromatic heterocycles. The molecule has 4 fully saturated rings. The number of carbonyl (C=O) groups is 2. The number of H-pyrrole nitrogens is 1. The first-order chi connectivity index (χ1) is 19.3. The van der Waals surface area contributed by atoms with Crippen molar-refractivity contribution in [2.75, 3.05) is 6.61 Å². The topological polar surface area (TPSA) is 124 Å². The molecule has 212 valence electrons. The lowest BCUT2D eigenvalue weighted by molar-refractivity contribution is -0.130. The molecule has 3 atom stereocenters. The van der Waals surface area contributed by atoms with Gasteiger partial charge in [0.15, 0.2) is 0 Å². The molecule has 0 saturated heterocycles. The van der Waals surface area contributed by atoms with E-state index in [4.69, 9.17) is 4.74 Å². The number of alkyl carbamates (subject to hydrolysis) is 1. The second kappa shape index (κ2) is 10.9. The molecular formula is C32H39N3O5. The van der Waals surface area contributed by atoms with Crippen LogP contribution in [0.3, 0.4) is 0 Å².